The summed E-state index contributed by atoms with van der Waals surface area (Å²) in [6, 6.07) is 3.10. The van der Waals surface area contributed by atoms with Crippen LogP contribution in [0.1, 0.15) is 5.56 Å². The zero-order valence-electron chi connectivity index (χ0n) is 7.21. The maximum Gasteiger partial charge on any atom is 0.180 e. The summed E-state index contributed by atoms with van der Waals surface area (Å²) in [7, 11) is 0. The van der Waals surface area contributed by atoms with Crippen molar-refractivity contribution >= 4 is 17.3 Å². The Kier molecular flexibility index (Phi) is 3.32. The average molecular weight is 217 g/mol. The maximum atomic E-state index is 13.1. The molecule has 1 rings (SSSR count). The summed E-state index contributed by atoms with van der Waals surface area (Å²) in [6.07, 6.45) is 0. The molecule has 0 saturated carbocycles. The monoisotopic (exact) mass is 217 g/mol. The summed E-state index contributed by atoms with van der Waals surface area (Å²) >= 11 is 4.56. The highest BCUT2D eigenvalue weighted by Gasteiger charge is 2.07. The molecule has 4 N–H and O–H groups in total. The van der Waals surface area contributed by atoms with E-state index in [0.717, 1.165) is 23.2 Å². The van der Waals surface area contributed by atoms with E-state index in [0.29, 0.717) is 0 Å². The van der Waals surface area contributed by atoms with E-state index in [1.165, 1.54) is 0 Å². The van der Waals surface area contributed by atoms with Gasteiger partial charge in [-0.25, -0.2) is 14.6 Å². The third-order valence-corrected chi connectivity index (χ3v) is 1.87. The molecule has 0 spiro atoms. The van der Waals surface area contributed by atoms with Crippen molar-refractivity contribution in [1.29, 1.82) is 0 Å². The van der Waals surface area contributed by atoms with Crippen LogP contribution in [0.25, 0.3) is 0 Å². The second-order valence-corrected chi connectivity index (χ2v) is 3.12. The SMILES string of the molecule is NC(=S)N(N)Cc1cc(F)ccc1F. The van der Waals surface area contributed by atoms with Crippen LogP contribution in [0, 0.1) is 11.6 Å². The fourth-order valence-electron chi connectivity index (χ4n) is 0.926. The van der Waals surface area contributed by atoms with Gasteiger partial charge < -0.3 is 5.73 Å². The first-order valence-corrected chi connectivity index (χ1v) is 4.17. The van der Waals surface area contributed by atoms with E-state index < -0.39 is 11.6 Å². The number of halogens is 2. The summed E-state index contributed by atoms with van der Waals surface area (Å²) in [5.74, 6) is 4.27. The molecule has 0 aliphatic heterocycles. The van der Waals surface area contributed by atoms with Crippen molar-refractivity contribution in [3.8, 4) is 0 Å². The van der Waals surface area contributed by atoms with Gasteiger partial charge in [0.15, 0.2) is 5.11 Å². The van der Waals surface area contributed by atoms with Gasteiger partial charge in [-0.2, -0.15) is 0 Å². The van der Waals surface area contributed by atoms with Crippen LogP contribution in [0.4, 0.5) is 8.78 Å². The lowest BCUT2D eigenvalue weighted by atomic mass is 10.2. The van der Waals surface area contributed by atoms with E-state index in [2.05, 4.69) is 12.2 Å². The predicted molar refractivity (Wildman–Crippen MR) is 52.9 cm³/mol. The molecule has 0 aromatic heterocycles. The van der Waals surface area contributed by atoms with E-state index >= 15 is 0 Å². The van der Waals surface area contributed by atoms with Crippen LogP contribution in [0.3, 0.4) is 0 Å². The van der Waals surface area contributed by atoms with Gasteiger partial charge in [0.25, 0.3) is 0 Å². The molecule has 0 heterocycles. The molecule has 3 nitrogen and oxygen atoms in total. The molecule has 1 aromatic carbocycles. The summed E-state index contributed by atoms with van der Waals surface area (Å²) in [5, 5.41) is 0.890. The summed E-state index contributed by atoms with van der Waals surface area (Å²) in [5.41, 5.74) is 5.30. The Morgan fingerprint density at radius 2 is 2.07 bits per heavy atom. The zero-order valence-corrected chi connectivity index (χ0v) is 8.02. The van der Waals surface area contributed by atoms with E-state index in [9.17, 15) is 8.78 Å². The average Bonchev–Trinajstić information content (AvgIpc) is 2.11. The van der Waals surface area contributed by atoms with Gasteiger partial charge in [-0.3, -0.25) is 5.01 Å². The summed E-state index contributed by atoms with van der Waals surface area (Å²) < 4.78 is 25.8. The van der Waals surface area contributed by atoms with E-state index in [1.807, 2.05) is 0 Å². The van der Waals surface area contributed by atoms with Crippen molar-refractivity contribution in [2.45, 2.75) is 6.54 Å². The number of hydrogen-bond donors (Lipinski definition) is 2. The van der Waals surface area contributed by atoms with Crippen molar-refractivity contribution in [2.75, 3.05) is 0 Å². The highest BCUT2D eigenvalue weighted by atomic mass is 32.1. The minimum atomic E-state index is -0.543. The van der Waals surface area contributed by atoms with Gasteiger partial charge in [-0.1, -0.05) is 0 Å². The minimum Gasteiger partial charge on any atom is -0.375 e. The van der Waals surface area contributed by atoms with Crippen molar-refractivity contribution in [3.63, 3.8) is 0 Å². The predicted octanol–water partition coefficient (Wildman–Crippen LogP) is 0.884. The second kappa shape index (κ2) is 4.30. The van der Waals surface area contributed by atoms with Gasteiger partial charge >= 0.3 is 0 Å². The number of hydrazine groups is 1. The summed E-state index contributed by atoms with van der Waals surface area (Å²) in [4.78, 5) is 0. The molecule has 0 bridgehead atoms. The van der Waals surface area contributed by atoms with E-state index in [4.69, 9.17) is 11.6 Å². The maximum absolute atomic E-state index is 13.1. The largest absolute Gasteiger partial charge is 0.375 e. The molecular weight excluding hydrogens is 208 g/mol. The molecule has 0 saturated heterocycles. The fourth-order valence-corrected chi connectivity index (χ4v) is 0.990. The highest BCUT2D eigenvalue weighted by Crippen LogP contribution is 2.10. The van der Waals surface area contributed by atoms with E-state index in [1.54, 1.807) is 0 Å². The molecule has 76 valence electrons. The zero-order chi connectivity index (χ0) is 10.7. The molecule has 1 aromatic rings. The number of benzene rings is 1. The van der Waals surface area contributed by atoms with Crippen molar-refractivity contribution in [1.82, 2.24) is 5.01 Å². The van der Waals surface area contributed by atoms with Crippen LogP contribution < -0.4 is 11.6 Å². The van der Waals surface area contributed by atoms with Crippen LogP contribution in [-0.2, 0) is 6.54 Å². The van der Waals surface area contributed by atoms with Crippen LogP contribution in [0.2, 0.25) is 0 Å². The molecule has 0 amide bonds. The third kappa shape index (κ3) is 2.61. The topological polar surface area (TPSA) is 55.3 Å². The van der Waals surface area contributed by atoms with Crippen LogP contribution in [0.15, 0.2) is 18.2 Å². The normalized spacial score (nSPS) is 9.93. The third-order valence-electron chi connectivity index (χ3n) is 1.63. The lowest BCUT2D eigenvalue weighted by Crippen LogP contribution is -2.40. The van der Waals surface area contributed by atoms with Crippen molar-refractivity contribution < 1.29 is 8.78 Å². The van der Waals surface area contributed by atoms with Crippen molar-refractivity contribution in [3.05, 3.63) is 35.4 Å². The lowest BCUT2D eigenvalue weighted by Gasteiger charge is -2.16. The Bertz CT molecular complexity index is 356. The number of thiocarbonyl (C=S) groups is 1. The molecule has 0 fully saturated rings. The van der Waals surface area contributed by atoms with Gasteiger partial charge in [0, 0.05) is 5.56 Å². The number of rotatable bonds is 2. The molecule has 0 atom stereocenters. The standard InChI is InChI=1S/C8H9F2N3S/c9-6-1-2-7(10)5(3-6)4-13(12)8(11)14/h1-3H,4,12H2,(H2,11,14). The van der Waals surface area contributed by atoms with E-state index in [-0.39, 0.29) is 17.2 Å². The first-order valence-electron chi connectivity index (χ1n) is 3.76. The Balaban J connectivity index is 2.85. The van der Waals surface area contributed by atoms with Gasteiger partial charge in [0.05, 0.1) is 6.54 Å². The fraction of sp³-hybridized carbons (Fsp3) is 0.125. The first kappa shape index (κ1) is 10.8. The number of nitrogens with two attached hydrogens (primary N) is 2. The van der Waals surface area contributed by atoms with Gasteiger partial charge in [-0.15, -0.1) is 0 Å². The van der Waals surface area contributed by atoms with Crippen LogP contribution in [-0.4, -0.2) is 10.1 Å². The van der Waals surface area contributed by atoms with Gasteiger partial charge in [0.2, 0.25) is 0 Å². The molecule has 0 aliphatic carbocycles. The van der Waals surface area contributed by atoms with Crippen LogP contribution in [0.5, 0.6) is 0 Å². The van der Waals surface area contributed by atoms with Gasteiger partial charge in [0.1, 0.15) is 11.6 Å². The highest BCUT2D eigenvalue weighted by molar-refractivity contribution is 7.80. The lowest BCUT2D eigenvalue weighted by molar-refractivity contribution is 0.423. The second-order valence-electron chi connectivity index (χ2n) is 2.70. The molecule has 0 radical (unpaired) electrons. The Labute approximate surface area is 85.3 Å². The van der Waals surface area contributed by atoms with Crippen LogP contribution >= 0.6 is 12.2 Å². The Hall–Kier alpha value is -1.27. The molecule has 14 heavy (non-hydrogen) atoms. The van der Waals surface area contributed by atoms with Crippen molar-refractivity contribution in [2.24, 2.45) is 11.6 Å². The number of hydrogen-bond acceptors (Lipinski definition) is 2. The Morgan fingerprint density at radius 1 is 1.43 bits per heavy atom. The summed E-state index contributed by atoms with van der Waals surface area (Å²) in [6.45, 7) is -0.0566. The first-order chi connectivity index (χ1) is 6.50. The van der Waals surface area contributed by atoms with Gasteiger partial charge in [-0.05, 0) is 30.4 Å². The molecule has 0 unspecified atom stereocenters. The quantitative estimate of drug-likeness (QED) is 0.439. The molecular formula is C8H9F2N3S. The minimum absolute atomic E-state index is 0.0566. The molecule has 0 aliphatic rings. The Morgan fingerprint density at radius 3 is 2.64 bits per heavy atom. The smallest absolute Gasteiger partial charge is 0.180 e. The number of nitrogens with zero attached hydrogens (tertiary/aromatic N) is 1. The molecule has 6 heteroatoms.